The molecule has 0 radical (unpaired) electrons. The number of hydrogen-bond donors (Lipinski definition) is 2. The number of nitriles is 1. The maximum Gasteiger partial charge on any atom is 0.331 e. The fourth-order valence-electron chi connectivity index (χ4n) is 2.79. The largest absolute Gasteiger partial charge is 0.507 e. The molecule has 3 aromatic rings. The molecule has 0 spiro atoms. The molecule has 0 saturated heterocycles. The minimum absolute atomic E-state index is 0.0996. The summed E-state index contributed by atoms with van der Waals surface area (Å²) in [5.41, 5.74) is 1.89. The number of aliphatic hydroxyl groups is 1. The number of carbonyl (C=O) groups is 1. The number of imidazole rings is 1. The summed E-state index contributed by atoms with van der Waals surface area (Å²) in [5.74, 6) is 0.0935. The van der Waals surface area contributed by atoms with Gasteiger partial charge in [-0.1, -0.05) is 24.3 Å². The molecule has 0 aliphatic rings. The summed E-state index contributed by atoms with van der Waals surface area (Å²) in [5, 5.41) is 19.6. The molecule has 152 valence electrons. The van der Waals surface area contributed by atoms with E-state index >= 15 is 0 Å². The monoisotopic (exact) mass is 405 g/mol. The van der Waals surface area contributed by atoms with Crippen molar-refractivity contribution in [3.63, 3.8) is 0 Å². The average molecular weight is 405 g/mol. The Morgan fingerprint density at radius 3 is 2.70 bits per heavy atom. The zero-order valence-corrected chi connectivity index (χ0v) is 16.4. The summed E-state index contributed by atoms with van der Waals surface area (Å²) < 4.78 is 15.5. The summed E-state index contributed by atoms with van der Waals surface area (Å²) in [6.07, 6.45) is 2.70. The zero-order valence-electron chi connectivity index (χ0n) is 16.4. The first-order valence-corrected chi connectivity index (χ1v) is 8.90. The Bertz CT molecular complexity index is 1140. The number of nitrogens with zero attached hydrogens (tertiary/aromatic N) is 2. The van der Waals surface area contributed by atoms with Crippen LogP contribution in [0.15, 0.2) is 54.3 Å². The van der Waals surface area contributed by atoms with Crippen LogP contribution in [-0.2, 0) is 9.53 Å². The van der Waals surface area contributed by atoms with Gasteiger partial charge in [0.2, 0.25) is 0 Å². The van der Waals surface area contributed by atoms with Crippen molar-refractivity contribution in [2.45, 2.75) is 0 Å². The van der Waals surface area contributed by atoms with E-state index < -0.39 is 18.3 Å². The zero-order chi connectivity index (χ0) is 21.5. The molecule has 3 rings (SSSR count). The third-order valence-electron chi connectivity index (χ3n) is 4.21. The predicted molar refractivity (Wildman–Crippen MR) is 111 cm³/mol. The summed E-state index contributed by atoms with van der Waals surface area (Å²) >= 11 is 0. The van der Waals surface area contributed by atoms with Gasteiger partial charge in [0.1, 0.15) is 18.2 Å². The summed E-state index contributed by atoms with van der Waals surface area (Å²) in [7, 11) is 3.02. The lowest BCUT2D eigenvalue weighted by molar-refractivity contribution is -0.137. The Morgan fingerprint density at radius 2 is 2.00 bits per heavy atom. The first kappa shape index (κ1) is 20.5. The third-order valence-corrected chi connectivity index (χ3v) is 4.21. The van der Waals surface area contributed by atoms with Gasteiger partial charge in [0.15, 0.2) is 23.1 Å². The van der Waals surface area contributed by atoms with Crippen LogP contribution in [0.2, 0.25) is 0 Å². The van der Waals surface area contributed by atoms with Gasteiger partial charge in [-0.05, 0) is 24.3 Å². The van der Waals surface area contributed by atoms with Crippen molar-refractivity contribution in [3.05, 3.63) is 65.7 Å². The maximum atomic E-state index is 12.0. The number of allylic oxidation sites excluding steroid dienone is 1. The minimum atomic E-state index is -0.701. The van der Waals surface area contributed by atoms with Crippen LogP contribution in [0.25, 0.3) is 22.7 Å². The lowest BCUT2D eigenvalue weighted by Crippen LogP contribution is -2.06. The molecule has 0 bridgehead atoms. The number of aromatic nitrogens is 2. The normalized spacial score (nSPS) is 11.8. The number of nitrogens with one attached hydrogen (secondary N) is 1. The van der Waals surface area contributed by atoms with E-state index in [4.69, 9.17) is 14.2 Å². The van der Waals surface area contributed by atoms with E-state index in [0.29, 0.717) is 22.6 Å². The molecule has 30 heavy (non-hydrogen) atoms. The smallest absolute Gasteiger partial charge is 0.331 e. The summed E-state index contributed by atoms with van der Waals surface area (Å²) in [6, 6.07) is 14.3. The highest BCUT2D eigenvalue weighted by atomic mass is 16.5. The van der Waals surface area contributed by atoms with E-state index in [1.165, 1.54) is 26.4 Å². The Kier molecular flexibility index (Phi) is 6.35. The molecule has 0 aliphatic carbocycles. The summed E-state index contributed by atoms with van der Waals surface area (Å²) in [4.78, 5) is 19.3. The molecule has 8 heteroatoms. The van der Waals surface area contributed by atoms with Gasteiger partial charge in [-0.25, -0.2) is 9.78 Å². The van der Waals surface area contributed by atoms with Gasteiger partial charge in [0, 0.05) is 11.6 Å². The number of methoxy groups -OCH3 is 2. The van der Waals surface area contributed by atoms with Gasteiger partial charge in [0.05, 0.1) is 25.3 Å². The molecule has 0 amide bonds. The molecule has 0 saturated carbocycles. The number of fused-ring (bicyclic) bond motifs is 1. The predicted octanol–water partition coefficient (Wildman–Crippen LogP) is 3.63. The molecule has 1 aromatic heterocycles. The standard InChI is InChI=1S/C22H19N3O5/c1-28-19-9-5-6-14(21(19)29-2)10-11-20(27)30-13-18(26)15(12-23)22-24-16-7-3-4-8-17(16)25-22/h3-11,26H,13H2,1-2H3,(H,24,25)/b11-10+,18-15-. The number of esters is 1. The topological polar surface area (TPSA) is 117 Å². The third kappa shape index (κ3) is 4.42. The van der Waals surface area contributed by atoms with E-state index in [0.717, 1.165) is 5.52 Å². The van der Waals surface area contributed by atoms with Crippen LogP contribution < -0.4 is 9.47 Å². The average Bonchev–Trinajstić information content (AvgIpc) is 3.19. The molecule has 2 N–H and O–H groups in total. The molecule has 0 aliphatic heterocycles. The number of carbonyl (C=O) groups excluding carboxylic acids is 1. The van der Waals surface area contributed by atoms with Gasteiger partial charge in [-0.2, -0.15) is 5.26 Å². The second kappa shape index (κ2) is 9.30. The highest BCUT2D eigenvalue weighted by Crippen LogP contribution is 2.31. The second-order valence-corrected chi connectivity index (χ2v) is 6.06. The lowest BCUT2D eigenvalue weighted by Gasteiger charge is -2.09. The first-order chi connectivity index (χ1) is 14.6. The second-order valence-electron chi connectivity index (χ2n) is 6.06. The number of ether oxygens (including phenoxy) is 3. The molecular formula is C22H19N3O5. The van der Waals surface area contributed by atoms with E-state index in [1.54, 1.807) is 30.3 Å². The van der Waals surface area contributed by atoms with Crippen molar-refractivity contribution < 1.29 is 24.1 Å². The number of para-hydroxylation sites is 3. The molecule has 0 fully saturated rings. The molecular weight excluding hydrogens is 386 g/mol. The van der Waals surface area contributed by atoms with Crippen LogP contribution in [0.1, 0.15) is 11.4 Å². The molecule has 0 atom stereocenters. The Morgan fingerprint density at radius 1 is 1.20 bits per heavy atom. The minimum Gasteiger partial charge on any atom is -0.507 e. The highest BCUT2D eigenvalue weighted by Gasteiger charge is 2.14. The van der Waals surface area contributed by atoms with Crippen molar-refractivity contribution in [1.82, 2.24) is 9.97 Å². The maximum absolute atomic E-state index is 12.0. The number of benzene rings is 2. The first-order valence-electron chi connectivity index (χ1n) is 8.90. The van der Waals surface area contributed by atoms with E-state index in [1.807, 2.05) is 18.2 Å². The lowest BCUT2D eigenvalue weighted by atomic mass is 10.1. The number of aliphatic hydroxyl groups excluding tert-OH is 1. The van der Waals surface area contributed by atoms with Gasteiger partial charge in [0.25, 0.3) is 0 Å². The van der Waals surface area contributed by atoms with Crippen molar-refractivity contribution in [2.24, 2.45) is 0 Å². The van der Waals surface area contributed by atoms with Gasteiger partial charge < -0.3 is 24.3 Å². The van der Waals surface area contributed by atoms with E-state index in [9.17, 15) is 15.2 Å². The Balaban J connectivity index is 1.71. The fraction of sp³-hybridized carbons (Fsp3) is 0.136. The highest BCUT2D eigenvalue weighted by molar-refractivity contribution is 5.88. The Labute approximate surface area is 172 Å². The SMILES string of the molecule is COc1cccc(/C=C/C(=O)OC/C(O)=C(\C#N)c2nc3ccccc3[nH]2)c1OC. The molecule has 2 aromatic carbocycles. The van der Waals surface area contributed by atoms with Crippen LogP contribution >= 0.6 is 0 Å². The quantitative estimate of drug-likeness (QED) is 0.267. The van der Waals surface area contributed by atoms with Crippen molar-refractivity contribution in [1.29, 1.82) is 5.26 Å². The van der Waals surface area contributed by atoms with Crippen LogP contribution in [0.4, 0.5) is 0 Å². The molecule has 8 nitrogen and oxygen atoms in total. The van der Waals surface area contributed by atoms with Crippen molar-refractivity contribution >= 4 is 28.7 Å². The summed E-state index contributed by atoms with van der Waals surface area (Å²) in [6.45, 7) is -0.474. The van der Waals surface area contributed by atoms with E-state index in [-0.39, 0.29) is 11.4 Å². The van der Waals surface area contributed by atoms with Gasteiger partial charge in [-0.3, -0.25) is 0 Å². The number of rotatable bonds is 7. The van der Waals surface area contributed by atoms with Crippen molar-refractivity contribution in [2.75, 3.05) is 20.8 Å². The molecule has 1 heterocycles. The van der Waals surface area contributed by atoms with Gasteiger partial charge in [-0.15, -0.1) is 0 Å². The van der Waals surface area contributed by atoms with E-state index in [2.05, 4.69) is 9.97 Å². The Hall–Kier alpha value is -4.25. The van der Waals surface area contributed by atoms with Crippen LogP contribution in [0.3, 0.4) is 0 Å². The number of hydrogen-bond acceptors (Lipinski definition) is 7. The van der Waals surface area contributed by atoms with Gasteiger partial charge >= 0.3 is 5.97 Å². The molecule has 0 unspecified atom stereocenters. The number of H-pyrrole nitrogens is 1. The number of aromatic amines is 1. The van der Waals surface area contributed by atoms with Crippen molar-refractivity contribution in [3.8, 4) is 17.6 Å². The van der Waals surface area contributed by atoms with Crippen LogP contribution in [0, 0.1) is 11.3 Å². The van der Waals surface area contributed by atoms with Crippen LogP contribution in [-0.4, -0.2) is 41.9 Å². The fourth-order valence-corrected chi connectivity index (χ4v) is 2.79. The van der Waals surface area contributed by atoms with Crippen LogP contribution in [0.5, 0.6) is 11.5 Å².